The van der Waals surface area contributed by atoms with E-state index in [9.17, 15) is 9.59 Å². The van der Waals surface area contributed by atoms with Gasteiger partial charge in [0.05, 0.1) is 6.54 Å². The lowest BCUT2D eigenvalue weighted by Gasteiger charge is -2.17. The first-order valence-corrected chi connectivity index (χ1v) is 7.14. The van der Waals surface area contributed by atoms with Gasteiger partial charge in [-0.2, -0.15) is 0 Å². The van der Waals surface area contributed by atoms with Crippen LogP contribution in [0.25, 0.3) is 0 Å². The average Bonchev–Trinajstić information content (AvgIpc) is 2.98. The number of urea groups is 1. The summed E-state index contributed by atoms with van der Waals surface area (Å²) in [4.78, 5) is 29.1. The number of nitrogens with one attached hydrogen (secondary N) is 1. The molecule has 0 saturated carbocycles. The van der Waals surface area contributed by atoms with Crippen LogP contribution in [0.4, 0.5) is 4.79 Å². The summed E-state index contributed by atoms with van der Waals surface area (Å²) in [6.07, 6.45) is 1.45. The molecule has 2 rings (SSSR count). The monoisotopic (exact) mass is 305 g/mol. The van der Waals surface area contributed by atoms with Gasteiger partial charge in [0.15, 0.2) is 0 Å². The summed E-state index contributed by atoms with van der Waals surface area (Å²) in [6.45, 7) is 0.861. The van der Waals surface area contributed by atoms with Gasteiger partial charge in [0.1, 0.15) is 5.69 Å². The van der Waals surface area contributed by atoms with Crippen molar-refractivity contribution in [3.05, 3.63) is 52.0 Å². The van der Waals surface area contributed by atoms with E-state index in [2.05, 4.69) is 10.3 Å². The minimum absolute atomic E-state index is 0.0140. The molecule has 0 fully saturated rings. The van der Waals surface area contributed by atoms with E-state index in [1.54, 1.807) is 29.4 Å². The molecule has 2 aromatic heterocycles. The Labute approximate surface area is 126 Å². The summed E-state index contributed by atoms with van der Waals surface area (Å²) in [6, 6.07) is 6.78. The zero-order valence-corrected chi connectivity index (χ0v) is 12.3. The highest BCUT2D eigenvalue weighted by Gasteiger charge is 2.09. The van der Waals surface area contributed by atoms with Crippen LogP contribution in [-0.4, -0.2) is 34.0 Å². The maximum absolute atomic E-state index is 11.9. The zero-order chi connectivity index (χ0) is 15.2. The van der Waals surface area contributed by atoms with E-state index in [1.165, 1.54) is 12.3 Å². The van der Waals surface area contributed by atoms with E-state index in [0.29, 0.717) is 13.1 Å². The van der Waals surface area contributed by atoms with Crippen molar-refractivity contribution in [3.8, 4) is 0 Å². The molecule has 2 heterocycles. The van der Waals surface area contributed by atoms with Crippen LogP contribution >= 0.6 is 11.3 Å². The number of hydrogen-bond donors (Lipinski definition) is 2. The van der Waals surface area contributed by atoms with Gasteiger partial charge in [0.25, 0.3) is 0 Å². The molecule has 0 unspecified atom stereocenters. The molecule has 2 N–H and O–H groups in total. The molecule has 0 radical (unpaired) electrons. The Morgan fingerprint density at radius 2 is 2.19 bits per heavy atom. The Kier molecular flexibility index (Phi) is 4.89. The lowest BCUT2D eigenvalue weighted by atomic mass is 10.2. The molecule has 0 aliphatic heterocycles. The molecule has 6 nitrogen and oxygen atoms in total. The number of carbonyl (C=O) groups excluding carboxylic acids is 1. The number of thiophene rings is 1. The highest BCUT2D eigenvalue weighted by atomic mass is 32.1. The molecule has 0 saturated heterocycles. The molecule has 2 aromatic rings. The lowest BCUT2D eigenvalue weighted by molar-refractivity contribution is 0.0690. The minimum Gasteiger partial charge on any atom is -0.477 e. The van der Waals surface area contributed by atoms with Gasteiger partial charge in [0.2, 0.25) is 0 Å². The molecule has 110 valence electrons. The number of carboxylic acids is 1. The fraction of sp³-hybridized carbons (Fsp3) is 0.214. The SMILES string of the molecule is CN(Cc1cccs1)C(=O)NCc1ccc(C(=O)O)nc1. The Hall–Kier alpha value is -2.41. The number of carboxylic acid groups (broad SMARTS) is 1. The molecule has 21 heavy (non-hydrogen) atoms. The van der Waals surface area contributed by atoms with Crippen molar-refractivity contribution in [2.24, 2.45) is 0 Å². The Morgan fingerprint density at radius 3 is 2.76 bits per heavy atom. The first kappa shape index (κ1) is 15.0. The second-order valence-corrected chi connectivity index (χ2v) is 5.48. The number of rotatable bonds is 5. The Morgan fingerprint density at radius 1 is 1.38 bits per heavy atom. The third-order valence-electron chi connectivity index (χ3n) is 2.81. The number of aromatic carboxylic acids is 1. The number of amides is 2. The average molecular weight is 305 g/mol. The van der Waals surface area contributed by atoms with Gasteiger partial charge in [0, 0.05) is 24.7 Å². The maximum Gasteiger partial charge on any atom is 0.354 e. The van der Waals surface area contributed by atoms with Crippen molar-refractivity contribution in [2.75, 3.05) is 7.05 Å². The molecule has 0 atom stereocenters. The van der Waals surface area contributed by atoms with Crippen LogP contribution in [-0.2, 0) is 13.1 Å². The summed E-state index contributed by atoms with van der Waals surface area (Å²) in [5.74, 6) is -1.07. The van der Waals surface area contributed by atoms with Gasteiger partial charge in [-0.25, -0.2) is 14.6 Å². The van der Waals surface area contributed by atoms with Crippen LogP contribution in [0.3, 0.4) is 0 Å². The van der Waals surface area contributed by atoms with Crippen LogP contribution in [0.15, 0.2) is 35.8 Å². The molecule has 0 aromatic carbocycles. The van der Waals surface area contributed by atoms with Gasteiger partial charge in [-0.1, -0.05) is 12.1 Å². The second kappa shape index (κ2) is 6.85. The Bertz CT molecular complexity index is 611. The van der Waals surface area contributed by atoms with E-state index in [-0.39, 0.29) is 11.7 Å². The highest BCUT2D eigenvalue weighted by molar-refractivity contribution is 7.09. The minimum atomic E-state index is -1.07. The van der Waals surface area contributed by atoms with Crippen molar-refractivity contribution in [2.45, 2.75) is 13.1 Å². The van der Waals surface area contributed by atoms with E-state index < -0.39 is 5.97 Å². The molecule has 0 aliphatic rings. The summed E-state index contributed by atoms with van der Waals surface area (Å²) >= 11 is 1.60. The maximum atomic E-state index is 11.9. The normalized spacial score (nSPS) is 10.1. The van der Waals surface area contributed by atoms with E-state index >= 15 is 0 Å². The second-order valence-electron chi connectivity index (χ2n) is 4.45. The number of hydrogen-bond acceptors (Lipinski definition) is 4. The van der Waals surface area contributed by atoms with Gasteiger partial charge in [-0.15, -0.1) is 11.3 Å². The van der Waals surface area contributed by atoms with Crippen molar-refractivity contribution in [1.82, 2.24) is 15.2 Å². The molecule has 0 spiro atoms. The van der Waals surface area contributed by atoms with Crippen LogP contribution < -0.4 is 5.32 Å². The molecular weight excluding hydrogens is 290 g/mol. The zero-order valence-electron chi connectivity index (χ0n) is 11.4. The van der Waals surface area contributed by atoms with Gasteiger partial charge in [-0.05, 0) is 23.1 Å². The largest absolute Gasteiger partial charge is 0.477 e. The Balaban J connectivity index is 1.84. The topological polar surface area (TPSA) is 82.5 Å². The van der Waals surface area contributed by atoms with Crippen molar-refractivity contribution >= 4 is 23.3 Å². The van der Waals surface area contributed by atoms with Gasteiger partial charge in [-0.3, -0.25) is 0 Å². The number of carbonyl (C=O) groups is 2. The molecular formula is C14H15N3O3S. The van der Waals surface area contributed by atoms with Crippen molar-refractivity contribution < 1.29 is 14.7 Å². The molecule has 7 heteroatoms. The predicted molar refractivity (Wildman–Crippen MR) is 79.2 cm³/mol. The number of nitrogens with zero attached hydrogens (tertiary/aromatic N) is 2. The van der Waals surface area contributed by atoms with E-state index in [1.807, 2.05) is 17.5 Å². The smallest absolute Gasteiger partial charge is 0.354 e. The predicted octanol–water partition coefficient (Wildman–Crippen LogP) is 2.18. The summed E-state index contributed by atoms with van der Waals surface area (Å²) in [5.41, 5.74) is 0.734. The van der Waals surface area contributed by atoms with Crippen LogP contribution in [0.5, 0.6) is 0 Å². The van der Waals surface area contributed by atoms with Crippen LogP contribution in [0.1, 0.15) is 20.9 Å². The van der Waals surface area contributed by atoms with Crippen molar-refractivity contribution in [3.63, 3.8) is 0 Å². The number of pyridine rings is 1. The van der Waals surface area contributed by atoms with Crippen molar-refractivity contribution in [1.29, 1.82) is 0 Å². The highest BCUT2D eigenvalue weighted by Crippen LogP contribution is 2.10. The third-order valence-corrected chi connectivity index (χ3v) is 3.67. The van der Waals surface area contributed by atoms with Gasteiger partial charge >= 0.3 is 12.0 Å². The fourth-order valence-electron chi connectivity index (χ4n) is 1.68. The molecule has 0 aliphatic carbocycles. The number of aromatic nitrogens is 1. The van der Waals surface area contributed by atoms with Crippen LogP contribution in [0.2, 0.25) is 0 Å². The summed E-state index contributed by atoms with van der Waals surface area (Å²) < 4.78 is 0. The quantitative estimate of drug-likeness (QED) is 0.887. The molecule has 2 amide bonds. The van der Waals surface area contributed by atoms with E-state index in [4.69, 9.17) is 5.11 Å². The van der Waals surface area contributed by atoms with E-state index in [0.717, 1.165) is 10.4 Å². The molecule has 0 bridgehead atoms. The third kappa shape index (κ3) is 4.28. The summed E-state index contributed by atoms with van der Waals surface area (Å²) in [7, 11) is 1.72. The van der Waals surface area contributed by atoms with Gasteiger partial charge < -0.3 is 15.3 Å². The lowest BCUT2D eigenvalue weighted by Crippen LogP contribution is -2.36. The first-order chi connectivity index (χ1) is 10.1. The summed E-state index contributed by atoms with van der Waals surface area (Å²) in [5, 5.41) is 13.5. The fourth-order valence-corrected chi connectivity index (χ4v) is 2.43. The standard InChI is InChI=1S/C14H15N3O3S/c1-17(9-11-3-2-6-21-11)14(20)16-8-10-4-5-12(13(18)19)15-7-10/h2-7H,8-9H2,1H3,(H,16,20)(H,18,19). The van der Waals surface area contributed by atoms with Crippen LogP contribution in [0, 0.1) is 0 Å². The first-order valence-electron chi connectivity index (χ1n) is 6.26.